The summed E-state index contributed by atoms with van der Waals surface area (Å²) < 4.78 is 0. The number of nitrogens with one attached hydrogen (secondary N) is 1. The summed E-state index contributed by atoms with van der Waals surface area (Å²) >= 11 is 0. The molecule has 0 atom stereocenters. The molecule has 0 saturated carbocycles. The van der Waals surface area contributed by atoms with E-state index >= 15 is 0 Å². The van der Waals surface area contributed by atoms with Gasteiger partial charge >= 0.3 is 0 Å². The number of aldehydes is 1. The Hall–Kier alpha value is -1.98. The fourth-order valence-corrected chi connectivity index (χ4v) is 2.97. The minimum Gasteiger partial charge on any atom is -0.353 e. The fraction of sp³-hybridized carbons (Fsp3) is 0.700. The minimum atomic E-state index is -0.400. The Morgan fingerprint density at radius 2 is 1.85 bits per heavy atom. The third-order valence-electron chi connectivity index (χ3n) is 4.52. The van der Waals surface area contributed by atoms with E-state index in [1.165, 1.54) is 6.08 Å². The Balaban J connectivity index is 1.96. The molecule has 0 radical (unpaired) electrons. The van der Waals surface area contributed by atoms with Crippen molar-refractivity contribution < 1.29 is 19.2 Å². The Bertz CT molecular complexity index is 488. The number of nitrogens with zero attached hydrogens (tertiary/aromatic N) is 1. The molecule has 0 bridgehead atoms. The lowest BCUT2D eigenvalue weighted by Crippen LogP contribution is -2.31. The number of Topliss-reactive ketones (excluding diaryl/α,β-unsaturated/α-hetero) is 1. The van der Waals surface area contributed by atoms with E-state index in [2.05, 4.69) is 5.32 Å². The molecule has 6 heteroatoms. The van der Waals surface area contributed by atoms with Gasteiger partial charge in [-0.25, -0.2) is 0 Å². The zero-order valence-corrected chi connectivity index (χ0v) is 15.7. The molecule has 1 saturated heterocycles. The molecular weight excluding hydrogens is 332 g/mol. The first-order valence-corrected chi connectivity index (χ1v) is 9.83. The van der Waals surface area contributed by atoms with Crippen LogP contribution in [-0.2, 0) is 19.2 Å². The summed E-state index contributed by atoms with van der Waals surface area (Å²) in [6.45, 7) is 2.42. The standard InChI is InChI=1S/C20H32N2O4/c23-17-18(24)11-5-3-6-12-19(25)21-14-8-1-2-9-15-22-16-10-4-7-13-20(22)26/h6,12,17H,1-5,7-11,13-16H2,(H,21,25)/b12-6-. The van der Waals surface area contributed by atoms with Crippen molar-refractivity contribution in [2.24, 2.45) is 0 Å². The molecule has 6 nitrogen and oxygen atoms in total. The van der Waals surface area contributed by atoms with Crippen molar-refractivity contribution in [1.82, 2.24) is 10.2 Å². The van der Waals surface area contributed by atoms with E-state index in [1.807, 2.05) is 4.90 Å². The van der Waals surface area contributed by atoms with Crippen LogP contribution in [0.4, 0.5) is 0 Å². The highest BCUT2D eigenvalue weighted by Crippen LogP contribution is 2.12. The van der Waals surface area contributed by atoms with Crippen molar-refractivity contribution in [3.05, 3.63) is 12.2 Å². The first kappa shape index (κ1) is 22.1. The second-order valence-corrected chi connectivity index (χ2v) is 6.78. The van der Waals surface area contributed by atoms with Gasteiger partial charge in [0.2, 0.25) is 11.8 Å². The SMILES string of the molecule is O=CC(=O)CCC/C=C\C(=O)NCCCCCCN1CCCCCC1=O. The van der Waals surface area contributed by atoms with Gasteiger partial charge in [0.15, 0.2) is 12.1 Å². The normalized spacial score (nSPS) is 15.1. The molecular formula is C20H32N2O4. The summed E-state index contributed by atoms with van der Waals surface area (Å²) in [5.74, 6) is -0.220. The molecule has 0 aromatic carbocycles. The van der Waals surface area contributed by atoms with E-state index in [0.29, 0.717) is 38.0 Å². The smallest absolute Gasteiger partial charge is 0.243 e. The van der Waals surface area contributed by atoms with Gasteiger partial charge < -0.3 is 10.2 Å². The van der Waals surface area contributed by atoms with E-state index in [4.69, 9.17) is 0 Å². The molecule has 1 N–H and O–H groups in total. The maximum Gasteiger partial charge on any atom is 0.243 e. The van der Waals surface area contributed by atoms with E-state index in [-0.39, 0.29) is 12.3 Å². The van der Waals surface area contributed by atoms with Crippen LogP contribution in [0.3, 0.4) is 0 Å². The van der Waals surface area contributed by atoms with Gasteiger partial charge in [-0.2, -0.15) is 0 Å². The van der Waals surface area contributed by atoms with Gasteiger partial charge in [0.25, 0.3) is 0 Å². The second-order valence-electron chi connectivity index (χ2n) is 6.78. The van der Waals surface area contributed by atoms with Gasteiger partial charge in [0.1, 0.15) is 0 Å². The topological polar surface area (TPSA) is 83.6 Å². The number of hydrogen-bond donors (Lipinski definition) is 1. The molecule has 0 spiro atoms. The number of carbonyl (C=O) groups excluding carboxylic acids is 4. The monoisotopic (exact) mass is 364 g/mol. The highest BCUT2D eigenvalue weighted by Gasteiger charge is 2.15. The van der Waals surface area contributed by atoms with Crippen LogP contribution >= 0.6 is 0 Å². The molecule has 0 aromatic heterocycles. The molecule has 26 heavy (non-hydrogen) atoms. The van der Waals surface area contributed by atoms with E-state index < -0.39 is 5.78 Å². The molecule has 146 valence electrons. The highest BCUT2D eigenvalue weighted by atomic mass is 16.2. The van der Waals surface area contributed by atoms with Crippen LogP contribution in [0.5, 0.6) is 0 Å². The number of amides is 2. The van der Waals surface area contributed by atoms with Crippen molar-refractivity contribution in [3.63, 3.8) is 0 Å². The molecule has 0 aromatic rings. The van der Waals surface area contributed by atoms with Gasteiger partial charge in [-0.1, -0.05) is 25.3 Å². The summed E-state index contributed by atoms with van der Waals surface area (Å²) in [6.07, 6.45) is 13.1. The third kappa shape index (κ3) is 10.8. The third-order valence-corrected chi connectivity index (χ3v) is 4.52. The lowest BCUT2D eigenvalue weighted by molar-refractivity contribution is -0.130. The van der Waals surface area contributed by atoms with Gasteiger partial charge in [0, 0.05) is 32.5 Å². The molecule has 1 fully saturated rings. The minimum absolute atomic E-state index is 0.123. The van der Waals surface area contributed by atoms with Gasteiger partial charge in [-0.05, 0) is 44.6 Å². The number of ketones is 1. The summed E-state index contributed by atoms with van der Waals surface area (Å²) in [6, 6.07) is 0. The van der Waals surface area contributed by atoms with Crippen molar-refractivity contribution in [2.45, 2.75) is 70.6 Å². The second kappa shape index (κ2) is 14.2. The summed E-state index contributed by atoms with van der Waals surface area (Å²) in [5.41, 5.74) is 0. The van der Waals surface area contributed by atoms with Gasteiger partial charge in [0.05, 0.1) is 0 Å². The lowest BCUT2D eigenvalue weighted by Gasteiger charge is -2.20. The first-order valence-electron chi connectivity index (χ1n) is 9.83. The Labute approximate surface area is 156 Å². The molecule has 1 rings (SSSR count). The average molecular weight is 364 g/mol. The summed E-state index contributed by atoms with van der Waals surface area (Å²) in [7, 11) is 0. The number of likely N-dealkylation sites (tertiary alicyclic amines) is 1. The van der Waals surface area contributed by atoms with E-state index in [9.17, 15) is 19.2 Å². The van der Waals surface area contributed by atoms with Crippen LogP contribution in [-0.4, -0.2) is 48.4 Å². The fourth-order valence-electron chi connectivity index (χ4n) is 2.97. The largest absolute Gasteiger partial charge is 0.353 e. The van der Waals surface area contributed by atoms with Crippen LogP contribution < -0.4 is 5.32 Å². The van der Waals surface area contributed by atoms with Crippen molar-refractivity contribution in [1.29, 1.82) is 0 Å². The average Bonchev–Trinajstić information content (AvgIpc) is 2.84. The van der Waals surface area contributed by atoms with Gasteiger partial charge in [-0.15, -0.1) is 0 Å². The molecule has 0 unspecified atom stereocenters. The van der Waals surface area contributed by atoms with Crippen molar-refractivity contribution in [3.8, 4) is 0 Å². The predicted octanol–water partition coefficient (Wildman–Crippen LogP) is 2.56. The van der Waals surface area contributed by atoms with Crippen LogP contribution in [0.2, 0.25) is 0 Å². The molecule has 2 amide bonds. The Kier molecular flexibility index (Phi) is 12.1. The van der Waals surface area contributed by atoms with Crippen molar-refractivity contribution in [2.75, 3.05) is 19.6 Å². The Morgan fingerprint density at radius 3 is 2.65 bits per heavy atom. The van der Waals surface area contributed by atoms with Crippen LogP contribution in [0.1, 0.15) is 70.6 Å². The predicted molar refractivity (Wildman–Crippen MR) is 101 cm³/mol. The van der Waals surface area contributed by atoms with Crippen LogP contribution in [0, 0.1) is 0 Å². The summed E-state index contributed by atoms with van der Waals surface area (Å²) in [4.78, 5) is 46.4. The quantitative estimate of drug-likeness (QED) is 0.236. The highest BCUT2D eigenvalue weighted by molar-refractivity contribution is 6.24. The van der Waals surface area contributed by atoms with Gasteiger partial charge in [-0.3, -0.25) is 19.2 Å². The molecule has 1 heterocycles. The number of rotatable bonds is 13. The number of carbonyl (C=O) groups is 4. The summed E-state index contributed by atoms with van der Waals surface area (Å²) in [5, 5.41) is 2.84. The molecule has 1 aliphatic rings. The maximum absolute atomic E-state index is 11.9. The lowest BCUT2D eigenvalue weighted by atomic mass is 10.1. The zero-order valence-electron chi connectivity index (χ0n) is 15.7. The van der Waals surface area contributed by atoms with Crippen LogP contribution in [0.15, 0.2) is 12.2 Å². The zero-order chi connectivity index (χ0) is 19.0. The maximum atomic E-state index is 11.9. The molecule has 0 aliphatic carbocycles. The Morgan fingerprint density at radius 1 is 1.04 bits per heavy atom. The first-order chi connectivity index (χ1) is 12.6. The number of unbranched alkanes of at least 4 members (excludes halogenated alkanes) is 4. The van der Waals surface area contributed by atoms with Crippen LogP contribution in [0.25, 0.3) is 0 Å². The van der Waals surface area contributed by atoms with Crippen molar-refractivity contribution >= 4 is 23.9 Å². The van der Waals surface area contributed by atoms with E-state index in [0.717, 1.165) is 58.0 Å². The van der Waals surface area contributed by atoms with E-state index in [1.54, 1.807) is 6.08 Å². The number of hydrogen-bond acceptors (Lipinski definition) is 4. The molecule has 1 aliphatic heterocycles. The number of allylic oxidation sites excluding steroid dienone is 1.